The van der Waals surface area contributed by atoms with Crippen molar-refractivity contribution in [2.24, 2.45) is 11.7 Å². The van der Waals surface area contributed by atoms with E-state index >= 15 is 0 Å². The average Bonchev–Trinajstić information content (AvgIpc) is 3.23. The van der Waals surface area contributed by atoms with Crippen molar-refractivity contribution in [3.63, 3.8) is 0 Å². The van der Waals surface area contributed by atoms with Crippen LogP contribution in [0.1, 0.15) is 90.0 Å². The standard InChI is InChI=1S/C25H40N4O2/c1-4-5-6-7-8-9-10-11-12-20-13-15-21(16-14-20)24-28-23(31-29-24)18-27-25(30)22(26)17-19(2)3/h13-16,19,22H,4-12,17-18,26H2,1-3H3,(H,27,30). The number of hydrogen-bond donors (Lipinski definition) is 2. The summed E-state index contributed by atoms with van der Waals surface area (Å²) in [4.78, 5) is 16.4. The van der Waals surface area contributed by atoms with Gasteiger partial charge in [0.2, 0.25) is 17.6 Å². The average molecular weight is 429 g/mol. The summed E-state index contributed by atoms with van der Waals surface area (Å²) in [5.74, 6) is 1.09. The van der Waals surface area contributed by atoms with Crippen LogP contribution in [-0.2, 0) is 17.8 Å². The molecule has 0 aliphatic rings. The largest absolute Gasteiger partial charge is 0.346 e. The van der Waals surface area contributed by atoms with Crippen LogP contribution < -0.4 is 11.1 Å². The normalized spacial score (nSPS) is 12.3. The summed E-state index contributed by atoms with van der Waals surface area (Å²) in [6.45, 7) is 6.53. The molecule has 2 rings (SSSR count). The minimum Gasteiger partial charge on any atom is -0.346 e. The Labute approximate surface area is 187 Å². The van der Waals surface area contributed by atoms with Gasteiger partial charge in [-0.15, -0.1) is 0 Å². The summed E-state index contributed by atoms with van der Waals surface area (Å²) < 4.78 is 5.27. The number of amides is 1. The lowest BCUT2D eigenvalue weighted by atomic mass is 10.0. The zero-order chi connectivity index (χ0) is 22.5. The molecule has 31 heavy (non-hydrogen) atoms. The first-order chi connectivity index (χ1) is 15.0. The van der Waals surface area contributed by atoms with E-state index in [4.69, 9.17) is 10.3 Å². The molecule has 0 aliphatic carbocycles. The Morgan fingerprint density at radius 2 is 1.68 bits per heavy atom. The van der Waals surface area contributed by atoms with Crippen LogP contribution >= 0.6 is 0 Å². The maximum atomic E-state index is 12.0. The van der Waals surface area contributed by atoms with Crippen molar-refractivity contribution >= 4 is 5.91 Å². The summed E-state index contributed by atoms with van der Waals surface area (Å²) in [6, 6.07) is 7.83. The third-order valence-corrected chi connectivity index (χ3v) is 5.48. The Morgan fingerprint density at radius 1 is 1.03 bits per heavy atom. The highest BCUT2D eigenvalue weighted by Crippen LogP contribution is 2.18. The van der Waals surface area contributed by atoms with Gasteiger partial charge in [0.15, 0.2) is 0 Å². The topological polar surface area (TPSA) is 94.0 Å². The van der Waals surface area contributed by atoms with Crippen LogP contribution in [0, 0.1) is 5.92 Å². The Morgan fingerprint density at radius 3 is 2.32 bits per heavy atom. The number of rotatable bonds is 15. The van der Waals surface area contributed by atoms with E-state index in [-0.39, 0.29) is 12.5 Å². The zero-order valence-electron chi connectivity index (χ0n) is 19.5. The summed E-state index contributed by atoms with van der Waals surface area (Å²) in [5, 5.41) is 6.80. The minimum absolute atomic E-state index is 0.189. The lowest BCUT2D eigenvalue weighted by molar-refractivity contribution is -0.123. The van der Waals surface area contributed by atoms with Crippen LogP contribution in [0.3, 0.4) is 0 Å². The maximum absolute atomic E-state index is 12.0. The summed E-state index contributed by atoms with van der Waals surface area (Å²) in [6.07, 6.45) is 12.4. The molecule has 6 heteroatoms. The van der Waals surface area contributed by atoms with Gasteiger partial charge in [0, 0.05) is 5.56 Å². The summed E-state index contributed by atoms with van der Waals surface area (Å²) in [7, 11) is 0. The molecule has 2 aromatic rings. The highest BCUT2D eigenvalue weighted by molar-refractivity contribution is 5.81. The molecule has 0 saturated carbocycles. The maximum Gasteiger partial charge on any atom is 0.246 e. The SMILES string of the molecule is CCCCCCCCCCc1ccc(-c2noc(CNC(=O)C(N)CC(C)C)n2)cc1. The molecule has 0 aliphatic heterocycles. The van der Waals surface area contributed by atoms with E-state index in [1.54, 1.807) is 0 Å². The van der Waals surface area contributed by atoms with Crippen LogP contribution in [0.15, 0.2) is 28.8 Å². The molecule has 1 atom stereocenters. The van der Waals surface area contributed by atoms with Gasteiger partial charge in [0.25, 0.3) is 0 Å². The molecule has 1 unspecified atom stereocenters. The van der Waals surface area contributed by atoms with Crippen molar-refractivity contribution in [3.8, 4) is 11.4 Å². The number of aryl methyl sites for hydroxylation is 1. The molecule has 0 saturated heterocycles. The number of benzene rings is 1. The van der Waals surface area contributed by atoms with Crippen molar-refractivity contribution in [3.05, 3.63) is 35.7 Å². The lowest BCUT2D eigenvalue weighted by Crippen LogP contribution is -2.41. The zero-order valence-corrected chi connectivity index (χ0v) is 19.5. The molecule has 1 heterocycles. The van der Waals surface area contributed by atoms with Crippen LogP contribution in [0.4, 0.5) is 0 Å². The molecule has 1 aromatic heterocycles. The second-order valence-electron chi connectivity index (χ2n) is 8.89. The quantitative estimate of drug-likeness (QED) is 0.370. The molecule has 0 bridgehead atoms. The fourth-order valence-electron chi connectivity index (χ4n) is 3.64. The third kappa shape index (κ3) is 9.64. The molecule has 1 aromatic carbocycles. The van der Waals surface area contributed by atoms with E-state index in [9.17, 15) is 4.79 Å². The molecular formula is C25H40N4O2. The number of nitrogens with zero attached hydrogens (tertiary/aromatic N) is 2. The van der Waals surface area contributed by atoms with Crippen molar-refractivity contribution in [1.29, 1.82) is 0 Å². The smallest absolute Gasteiger partial charge is 0.246 e. The van der Waals surface area contributed by atoms with Gasteiger partial charge in [-0.05, 0) is 30.7 Å². The number of nitrogens with one attached hydrogen (secondary N) is 1. The van der Waals surface area contributed by atoms with Crippen molar-refractivity contribution in [2.45, 2.75) is 97.6 Å². The van der Waals surface area contributed by atoms with Gasteiger partial charge in [-0.2, -0.15) is 4.98 Å². The van der Waals surface area contributed by atoms with Gasteiger partial charge in [0.1, 0.15) is 0 Å². The monoisotopic (exact) mass is 428 g/mol. The summed E-state index contributed by atoms with van der Waals surface area (Å²) >= 11 is 0. The van der Waals surface area contributed by atoms with E-state index in [1.165, 1.54) is 56.9 Å². The molecule has 6 nitrogen and oxygen atoms in total. The first-order valence-electron chi connectivity index (χ1n) is 11.9. The molecular weight excluding hydrogens is 388 g/mol. The van der Waals surface area contributed by atoms with Gasteiger partial charge in [-0.1, -0.05) is 95.1 Å². The molecule has 1 amide bonds. The number of nitrogens with two attached hydrogens (primary N) is 1. The van der Waals surface area contributed by atoms with Crippen LogP contribution in [0.2, 0.25) is 0 Å². The van der Waals surface area contributed by atoms with Crippen LogP contribution in [-0.4, -0.2) is 22.1 Å². The van der Waals surface area contributed by atoms with Crippen molar-refractivity contribution in [1.82, 2.24) is 15.5 Å². The first-order valence-corrected chi connectivity index (χ1v) is 11.9. The third-order valence-electron chi connectivity index (χ3n) is 5.48. The van der Waals surface area contributed by atoms with E-state index in [0.29, 0.717) is 24.1 Å². The van der Waals surface area contributed by atoms with Gasteiger partial charge < -0.3 is 15.6 Å². The molecule has 0 radical (unpaired) electrons. The fraction of sp³-hybridized carbons (Fsp3) is 0.640. The van der Waals surface area contributed by atoms with Crippen molar-refractivity contribution < 1.29 is 9.32 Å². The molecule has 0 spiro atoms. The Balaban J connectivity index is 1.72. The fourth-order valence-corrected chi connectivity index (χ4v) is 3.64. The number of hydrogen-bond acceptors (Lipinski definition) is 5. The summed E-state index contributed by atoms with van der Waals surface area (Å²) in [5.41, 5.74) is 8.14. The Bertz CT molecular complexity index is 755. The van der Waals surface area contributed by atoms with Crippen LogP contribution in [0.25, 0.3) is 11.4 Å². The number of unbranched alkanes of at least 4 members (excludes halogenated alkanes) is 7. The van der Waals surface area contributed by atoms with E-state index < -0.39 is 6.04 Å². The number of carbonyl (C=O) groups is 1. The second-order valence-corrected chi connectivity index (χ2v) is 8.89. The minimum atomic E-state index is -0.518. The lowest BCUT2D eigenvalue weighted by Gasteiger charge is -2.12. The highest BCUT2D eigenvalue weighted by Gasteiger charge is 2.16. The van der Waals surface area contributed by atoms with Gasteiger partial charge in [-0.25, -0.2) is 0 Å². The van der Waals surface area contributed by atoms with Gasteiger partial charge in [-0.3, -0.25) is 4.79 Å². The van der Waals surface area contributed by atoms with Crippen molar-refractivity contribution in [2.75, 3.05) is 0 Å². The first kappa shape index (κ1) is 25.1. The number of aromatic nitrogens is 2. The van der Waals surface area contributed by atoms with E-state index in [1.807, 2.05) is 26.0 Å². The molecule has 172 valence electrons. The van der Waals surface area contributed by atoms with Gasteiger partial charge in [0.05, 0.1) is 12.6 Å². The molecule has 0 fully saturated rings. The predicted octanol–water partition coefficient (Wildman–Crippen LogP) is 5.41. The molecule has 3 N–H and O–H groups in total. The highest BCUT2D eigenvalue weighted by atomic mass is 16.5. The van der Waals surface area contributed by atoms with Gasteiger partial charge >= 0.3 is 0 Å². The second kappa shape index (κ2) is 14.0. The predicted molar refractivity (Wildman–Crippen MR) is 125 cm³/mol. The van der Waals surface area contributed by atoms with Crippen LogP contribution in [0.5, 0.6) is 0 Å². The Hall–Kier alpha value is -2.21. The van der Waals surface area contributed by atoms with E-state index in [2.05, 4.69) is 34.5 Å². The van der Waals surface area contributed by atoms with E-state index in [0.717, 1.165) is 12.0 Å². The Kier molecular flexibility index (Phi) is 11.3. The number of carbonyl (C=O) groups excluding carboxylic acids is 1.